The number of likely N-dealkylation sites (N-methyl/N-ethyl adjacent to an activating group) is 1. The summed E-state index contributed by atoms with van der Waals surface area (Å²) in [6.45, 7) is 1.80. The summed E-state index contributed by atoms with van der Waals surface area (Å²) in [5, 5.41) is 7.72. The Morgan fingerprint density at radius 2 is 2.05 bits per heavy atom. The molecule has 1 fully saturated rings. The zero-order chi connectivity index (χ0) is 28.6. The highest BCUT2D eigenvalue weighted by molar-refractivity contribution is 6.31. The fraction of sp³-hybridized carbons (Fsp3) is 0.290. The molecular formula is C31H33ClN6O3. The van der Waals surface area contributed by atoms with E-state index in [0.717, 1.165) is 41.6 Å². The summed E-state index contributed by atoms with van der Waals surface area (Å²) >= 11 is 6.65. The molecule has 41 heavy (non-hydrogen) atoms. The molecule has 4 aromatic rings. The second-order valence-corrected chi connectivity index (χ2v) is 10.5. The molecule has 1 atom stereocenters. The minimum Gasteiger partial charge on any atom is -0.486 e. The van der Waals surface area contributed by atoms with Crippen molar-refractivity contribution in [1.82, 2.24) is 19.9 Å². The number of nitrogens with one attached hydrogen (secondary N) is 2. The SMILES string of the molecule is CN(C)C/C=C/C(=O)Nc1cc2c(Nc3ccc(CCc4ccccn4)c(Cl)c3)ncnc2cc1OC1CCOC1. The summed E-state index contributed by atoms with van der Waals surface area (Å²) in [5.41, 5.74) is 4.07. The predicted octanol–water partition coefficient (Wildman–Crippen LogP) is 5.43. The van der Waals surface area contributed by atoms with Crippen molar-refractivity contribution in [2.75, 3.05) is 44.5 Å². The van der Waals surface area contributed by atoms with Crippen LogP contribution >= 0.6 is 11.6 Å². The first kappa shape index (κ1) is 28.5. The molecule has 0 bridgehead atoms. The Bertz CT molecular complexity index is 1520. The van der Waals surface area contributed by atoms with E-state index in [2.05, 4.69) is 25.6 Å². The molecule has 0 radical (unpaired) electrons. The first-order valence-corrected chi connectivity index (χ1v) is 13.9. The zero-order valence-electron chi connectivity index (χ0n) is 23.1. The molecule has 3 heterocycles. The van der Waals surface area contributed by atoms with Crippen LogP contribution in [0.1, 0.15) is 17.7 Å². The smallest absolute Gasteiger partial charge is 0.248 e. The van der Waals surface area contributed by atoms with E-state index in [1.54, 1.807) is 6.20 Å². The Hall–Kier alpha value is -4.05. The normalized spacial score (nSPS) is 15.1. The van der Waals surface area contributed by atoms with Crippen LogP contribution in [0.4, 0.5) is 17.2 Å². The van der Waals surface area contributed by atoms with Gasteiger partial charge in [0, 0.05) is 53.1 Å². The predicted molar refractivity (Wildman–Crippen MR) is 162 cm³/mol. The van der Waals surface area contributed by atoms with Crippen LogP contribution in [-0.4, -0.2) is 65.7 Å². The summed E-state index contributed by atoms with van der Waals surface area (Å²) in [5.74, 6) is 0.868. The van der Waals surface area contributed by atoms with Crippen molar-refractivity contribution in [3.05, 3.63) is 89.5 Å². The molecule has 5 rings (SSSR count). The van der Waals surface area contributed by atoms with E-state index in [0.29, 0.717) is 47.6 Å². The number of aryl methyl sites for hydroxylation is 2. The maximum Gasteiger partial charge on any atom is 0.248 e. The molecule has 1 aliphatic rings. The first-order valence-electron chi connectivity index (χ1n) is 13.6. The number of ether oxygens (including phenoxy) is 2. The summed E-state index contributed by atoms with van der Waals surface area (Å²) in [7, 11) is 3.89. The van der Waals surface area contributed by atoms with E-state index in [1.165, 1.54) is 12.4 Å². The maximum atomic E-state index is 12.7. The molecule has 1 aliphatic heterocycles. The van der Waals surface area contributed by atoms with Gasteiger partial charge in [-0.05, 0) is 62.8 Å². The molecular weight excluding hydrogens is 540 g/mol. The molecule has 0 aliphatic carbocycles. The van der Waals surface area contributed by atoms with Crippen molar-refractivity contribution in [3.63, 3.8) is 0 Å². The van der Waals surface area contributed by atoms with Crippen LogP contribution in [0.15, 0.2) is 73.2 Å². The zero-order valence-corrected chi connectivity index (χ0v) is 23.9. The molecule has 1 unspecified atom stereocenters. The molecule has 10 heteroatoms. The number of nitrogens with zero attached hydrogens (tertiary/aromatic N) is 4. The molecule has 2 aromatic heterocycles. The van der Waals surface area contributed by atoms with Crippen molar-refractivity contribution in [2.24, 2.45) is 0 Å². The first-order chi connectivity index (χ1) is 19.9. The number of aromatic nitrogens is 3. The van der Waals surface area contributed by atoms with Gasteiger partial charge < -0.3 is 25.0 Å². The lowest BCUT2D eigenvalue weighted by Gasteiger charge is -2.18. The summed E-state index contributed by atoms with van der Waals surface area (Å²) < 4.78 is 11.7. The summed E-state index contributed by atoms with van der Waals surface area (Å²) in [6, 6.07) is 15.4. The van der Waals surface area contributed by atoms with E-state index in [9.17, 15) is 4.79 Å². The third kappa shape index (κ3) is 7.79. The molecule has 9 nitrogen and oxygen atoms in total. The second-order valence-electron chi connectivity index (χ2n) is 10.1. The molecule has 2 N–H and O–H groups in total. The number of carbonyl (C=O) groups is 1. The van der Waals surface area contributed by atoms with Gasteiger partial charge in [0.2, 0.25) is 5.91 Å². The summed E-state index contributed by atoms with van der Waals surface area (Å²) in [6.07, 6.45) is 8.90. The number of halogens is 1. The number of pyridine rings is 1. The van der Waals surface area contributed by atoms with E-state index in [4.69, 9.17) is 21.1 Å². The fourth-order valence-electron chi connectivity index (χ4n) is 4.48. The molecule has 0 saturated carbocycles. The average molecular weight is 573 g/mol. The highest BCUT2D eigenvalue weighted by atomic mass is 35.5. The maximum absolute atomic E-state index is 12.7. The minimum absolute atomic E-state index is 0.0925. The van der Waals surface area contributed by atoms with Gasteiger partial charge in [0.1, 0.15) is 24.0 Å². The van der Waals surface area contributed by atoms with Gasteiger partial charge in [-0.25, -0.2) is 9.97 Å². The van der Waals surface area contributed by atoms with E-state index >= 15 is 0 Å². The number of fused-ring (bicyclic) bond motifs is 1. The Labute approximate surface area is 244 Å². The van der Waals surface area contributed by atoms with Gasteiger partial charge in [-0.2, -0.15) is 0 Å². The Morgan fingerprint density at radius 3 is 2.80 bits per heavy atom. The van der Waals surface area contributed by atoms with Crippen molar-refractivity contribution in [2.45, 2.75) is 25.4 Å². The molecule has 1 amide bonds. The Kier molecular flexibility index (Phi) is 9.40. The number of amides is 1. The van der Waals surface area contributed by atoms with Crippen LogP contribution in [0.2, 0.25) is 5.02 Å². The van der Waals surface area contributed by atoms with Crippen LogP contribution in [0.3, 0.4) is 0 Å². The lowest BCUT2D eigenvalue weighted by molar-refractivity contribution is -0.111. The largest absolute Gasteiger partial charge is 0.486 e. The third-order valence-electron chi connectivity index (χ3n) is 6.61. The number of anilines is 3. The van der Waals surface area contributed by atoms with Crippen molar-refractivity contribution < 1.29 is 14.3 Å². The molecule has 212 valence electrons. The van der Waals surface area contributed by atoms with Crippen molar-refractivity contribution >= 4 is 45.6 Å². The Morgan fingerprint density at radius 1 is 1.15 bits per heavy atom. The van der Waals surface area contributed by atoms with Crippen LogP contribution in [0.25, 0.3) is 10.9 Å². The molecule has 0 spiro atoms. The van der Waals surface area contributed by atoms with Gasteiger partial charge in [0.05, 0.1) is 24.4 Å². The number of hydrogen-bond donors (Lipinski definition) is 2. The highest BCUT2D eigenvalue weighted by Crippen LogP contribution is 2.35. The van der Waals surface area contributed by atoms with E-state index in [-0.39, 0.29) is 12.0 Å². The van der Waals surface area contributed by atoms with Crippen LogP contribution in [0, 0.1) is 0 Å². The van der Waals surface area contributed by atoms with E-state index in [1.807, 2.05) is 73.6 Å². The van der Waals surface area contributed by atoms with Crippen molar-refractivity contribution in [1.29, 1.82) is 0 Å². The topological polar surface area (TPSA) is 102 Å². The van der Waals surface area contributed by atoms with Gasteiger partial charge in [0.15, 0.2) is 0 Å². The average Bonchev–Trinajstić information content (AvgIpc) is 3.47. The second kappa shape index (κ2) is 13.5. The highest BCUT2D eigenvalue weighted by Gasteiger charge is 2.21. The quantitative estimate of drug-likeness (QED) is 0.229. The lowest BCUT2D eigenvalue weighted by atomic mass is 10.1. The van der Waals surface area contributed by atoms with Crippen LogP contribution in [0.5, 0.6) is 5.75 Å². The van der Waals surface area contributed by atoms with Crippen molar-refractivity contribution in [3.8, 4) is 5.75 Å². The van der Waals surface area contributed by atoms with E-state index < -0.39 is 0 Å². The van der Waals surface area contributed by atoms with Gasteiger partial charge in [-0.15, -0.1) is 0 Å². The standard InChI is InChI=1S/C31H33ClN6O3/c1-38(2)14-5-7-30(39)37-28-17-25-27(18-29(28)41-24-12-15-40-19-24)34-20-35-31(25)36-23-11-9-21(26(32)16-23)8-10-22-6-3-4-13-33-22/h3-7,9,11,13,16-18,20,24H,8,10,12,14-15,19H2,1-2H3,(H,37,39)(H,34,35,36)/b7-5+. The Balaban J connectivity index is 1.39. The third-order valence-corrected chi connectivity index (χ3v) is 6.96. The van der Waals surface area contributed by atoms with Gasteiger partial charge in [-0.3, -0.25) is 9.78 Å². The van der Waals surface area contributed by atoms with Gasteiger partial charge in [-0.1, -0.05) is 29.8 Å². The van der Waals surface area contributed by atoms with Gasteiger partial charge in [0.25, 0.3) is 0 Å². The monoisotopic (exact) mass is 572 g/mol. The summed E-state index contributed by atoms with van der Waals surface area (Å²) in [4.78, 5) is 28.1. The minimum atomic E-state index is -0.252. The van der Waals surface area contributed by atoms with Crippen LogP contribution in [-0.2, 0) is 22.4 Å². The number of benzene rings is 2. The molecule has 2 aromatic carbocycles. The number of hydrogen-bond acceptors (Lipinski definition) is 8. The number of carbonyl (C=O) groups excluding carboxylic acids is 1. The molecule has 1 saturated heterocycles. The number of rotatable bonds is 11. The fourth-order valence-corrected chi connectivity index (χ4v) is 4.76. The van der Waals surface area contributed by atoms with Crippen LogP contribution < -0.4 is 15.4 Å². The van der Waals surface area contributed by atoms with Gasteiger partial charge >= 0.3 is 0 Å². The lowest BCUT2D eigenvalue weighted by Crippen LogP contribution is -2.18.